The first kappa shape index (κ1) is 26.5. The Hall–Kier alpha value is -3.56. The molecule has 4 rings (SSSR count). The van der Waals surface area contributed by atoms with Gasteiger partial charge in [0.25, 0.3) is 0 Å². The van der Waals surface area contributed by atoms with E-state index in [1.54, 1.807) is 0 Å². The maximum absolute atomic E-state index is 11.1. The zero-order valence-electron chi connectivity index (χ0n) is 22.6. The van der Waals surface area contributed by atoms with E-state index in [1.807, 2.05) is 12.1 Å². The zero-order valence-corrected chi connectivity index (χ0v) is 22.6. The number of aliphatic hydroxyl groups is 1. The van der Waals surface area contributed by atoms with Crippen molar-refractivity contribution in [3.8, 4) is 11.1 Å². The molecule has 4 aromatic carbocycles. The van der Waals surface area contributed by atoms with Crippen LogP contribution in [0.1, 0.15) is 62.6 Å². The molecule has 0 aromatic heterocycles. The molecule has 0 heterocycles. The van der Waals surface area contributed by atoms with Crippen molar-refractivity contribution in [3.63, 3.8) is 0 Å². The molecule has 2 N–H and O–H groups in total. The van der Waals surface area contributed by atoms with Crippen LogP contribution in [0.4, 0.5) is 11.4 Å². The minimum absolute atomic E-state index is 0.382. The molecule has 37 heavy (non-hydrogen) atoms. The van der Waals surface area contributed by atoms with Crippen LogP contribution < -0.4 is 10.2 Å². The zero-order chi connectivity index (χ0) is 26.2. The van der Waals surface area contributed by atoms with Crippen LogP contribution in [0.5, 0.6) is 0 Å². The third-order valence-electron chi connectivity index (χ3n) is 6.91. The van der Waals surface area contributed by atoms with E-state index in [1.165, 1.54) is 27.8 Å². The number of anilines is 2. The van der Waals surface area contributed by atoms with Gasteiger partial charge in [0.15, 0.2) is 0 Å². The van der Waals surface area contributed by atoms with Crippen LogP contribution in [-0.4, -0.2) is 17.9 Å². The van der Waals surface area contributed by atoms with E-state index in [9.17, 15) is 5.11 Å². The van der Waals surface area contributed by atoms with Crippen molar-refractivity contribution >= 4 is 11.4 Å². The Morgan fingerprint density at radius 3 is 1.76 bits per heavy atom. The topological polar surface area (TPSA) is 35.5 Å². The molecule has 0 spiro atoms. The second-order valence-corrected chi connectivity index (χ2v) is 10.4. The van der Waals surface area contributed by atoms with Crippen molar-refractivity contribution in [1.82, 2.24) is 0 Å². The lowest BCUT2D eigenvalue weighted by atomic mass is 9.92. The van der Waals surface area contributed by atoms with Crippen molar-refractivity contribution in [1.29, 1.82) is 0 Å². The molecule has 0 amide bonds. The molecule has 0 fully saturated rings. The molecule has 0 radical (unpaired) electrons. The van der Waals surface area contributed by atoms with Gasteiger partial charge in [-0.15, -0.1) is 0 Å². The summed E-state index contributed by atoms with van der Waals surface area (Å²) in [5.74, 6) is 0.765. The van der Waals surface area contributed by atoms with Gasteiger partial charge in [0.1, 0.15) is 6.23 Å². The van der Waals surface area contributed by atoms with Crippen molar-refractivity contribution in [3.05, 3.63) is 120 Å². The van der Waals surface area contributed by atoms with Crippen LogP contribution in [0.15, 0.2) is 103 Å². The fourth-order valence-corrected chi connectivity index (χ4v) is 4.83. The van der Waals surface area contributed by atoms with Crippen LogP contribution in [0, 0.1) is 0 Å². The lowest BCUT2D eigenvalue weighted by Crippen LogP contribution is -2.30. The highest BCUT2D eigenvalue weighted by molar-refractivity contribution is 5.63. The molecule has 4 aromatic rings. The number of aliphatic hydroxyl groups excluding tert-OH is 1. The Bertz CT molecular complexity index is 1210. The summed E-state index contributed by atoms with van der Waals surface area (Å²) in [6.45, 7) is 10.3. The first-order chi connectivity index (χ1) is 17.9. The van der Waals surface area contributed by atoms with E-state index in [0.29, 0.717) is 18.3 Å². The van der Waals surface area contributed by atoms with Gasteiger partial charge >= 0.3 is 0 Å². The van der Waals surface area contributed by atoms with E-state index >= 15 is 0 Å². The van der Waals surface area contributed by atoms with Crippen LogP contribution >= 0.6 is 0 Å². The Labute approximate surface area is 222 Å². The van der Waals surface area contributed by atoms with Gasteiger partial charge in [0.05, 0.1) is 0 Å². The number of nitrogens with zero attached hydrogens (tertiary/aromatic N) is 1. The van der Waals surface area contributed by atoms with E-state index < -0.39 is 6.23 Å². The molecular formula is C34H40N2O. The maximum atomic E-state index is 11.1. The van der Waals surface area contributed by atoms with E-state index in [2.05, 4.69) is 129 Å². The van der Waals surface area contributed by atoms with Gasteiger partial charge in [-0.3, -0.25) is 0 Å². The summed E-state index contributed by atoms with van der Waals surface area (Å²) in [4.78, 5) is 2.35. The maximum Gasteiger partial charge on any atom is 0.126 e. The smallest absolute Gasteiger partial charge is 0.126 e. The summed E-state index contributed by atoms with van der Waals surface area (Å²) in [7, 11) is 0. The van der Waals surface area contributed by atoms with Gasteiger partial charge in [-0.25, -0.2) is 0 Å². The largest absolute Gasteiger partial charge is 0.374 e. The number of hydrogen-bond acceptors (Lipinski definition) is 3. The fraction of sp³-hybridized carbons (Fsp3) is 0.294. The molecule has 0 aliphatic heterocycles. The van der Waals surface area contributed by atoms with Gasteiger partial charge in [-0.05, 0) is 51.8 Å². The average molecular weight is 493 g/mol. The molecule has 192 valence electrons. The molecule has 1 atom stereocenters. The van der Waals surface area contributed by atoms with Crippen LogP contribution in [0.2, 0.25) is 0 Å². The highest BCUT2D eigenvalue weighted by Crippen LogP contribution is 2.33. The number of nitrogens with one attached hydrogen (secondary N) is 1. The Morgan fingerprint density at radius 2 is 1.19 bits per heavy atom. The second kappa shape index (κ2) is 12.6. The normalized spacial score (nSPS) is 12.1. The third kappa shape index (κ3) is 7.02. The molecule has 0 saturated heterocycles. The Kier molecular flexibility index (Phi) is 9.03. The summed E-state index contributed by atoms with van der Waals surface area (Å²) in [5.41, 5.74) is 8.45. The van der Waals surface area contributed by atoms with Gasteiger partial charge in [0, 0.05) is 30.9 Å². The van der Waals surface area contributed by atoms with Gasteiger partial charge in [0.2, 0.25) is 0 Å². The monoisotopic (exact) mass is 492 g/mol. The lowest BCUT2D eigenvalue weighted by molar-refractivity contribution is 0.194. The minimum atomic E-state index is -0.635. The molecule has 0 aliphatic carbocycles. The molecule has 0 saturated carbocycles. The highest BCUT2D eigenvalue weighted by atomic mass is 16.3. The summed E-state index contributed by atoms with van der Waals surface area (Å²) < 4.78 is 0. The Morgan fingerprint density at radius 1 is 0.649 bits per heavy atom. The van der Waals surface area contributed by atoms with Crippen LogP contribution in [-0.2, 0) is 6.54 Å². The van der Waals surface area contributed by atoms with Crippen molar-refractivity contribution in [2.75, 3.05) is 16.8 Å². The molecule has 1 unspecified atom stereocenters. The number of para-hydroxylation sites is 2. The second-order valence-electron chi connectivity index (χ2n) is 10.4. The average Bonchev–Trinajstić information content (AvgIpc) is 2.92. The summed E-state index contributed by atoms with van der Waals surface area (Å²) >= 11 is 0. The fourth-order valence-electron chi connectivity index (χ4n) is 4.83. The molecule has 3 nitrogen and oxygen atoms in total. The molecule has 0 bridgehead atoms. The quantitative estimate of drug-likeness (QED) is 0.206. The first-order valence-corrected chi connectivity index (χ1v) is 13.4. The predicted octanol–water partition coefficient (Wildman–Crippen LogP) is 8.43. The molecular weight excluding hydrogens is 452 g/mol. The molecule has 0 aliphatic rings. The third-order valence-corrected chi connectivity index (χ3v) is 6.91. The van der Waals surface area contributed by atoms with E-state index in [-0.39, 0.29) is 0 Å². The first-order valence-electron chi connectivity index (χ1n) is 13.4. The summed E-state index contributed by atoms with van der Waals surface area (Å²) in [6, 6.07) is 36.2. The van der Waals surface area contributed by atoms with Crippen molar-refractivity contribution in [2.45, 2.75) is 58.7 Å². The SMILES string of the molecule is CC(C)c1cccc(C(C)C)c1NC(O)CCN(Cc1ccc(-c2ccccc2)cc1)c1ccccc1. The van der Waals surface area contributed by atoms with E-state index in [0.717, 1.165) is 24.5 Å². The minimum Gasteiger partial charge on any atom is -0.374 e. The summed E-state index contributed by atoms with van der Waals surface area (Å²) in [6.07, 6.45) is -0.0231. The van der Waals surface area contributed by atoms with Crippen molar-refractivity contribution in [2.24, 2.45) is 0 Å². The van der Waals surface area contributed by atoms with E-state index in [4.69, 9.17) is 0 Å². The predicted molar refractivity (Wildman–Crippen MR) is 158 cm³/mol. The Balaban J connectivity index is 1.48. The lowest BCUT2D eigenvalue weighted by Gasteiger charge is -2.28. The van der Waals surface area contributed by atoms with Gasteiger partial charge < -0.3 is 15.3 Å². The number of benzene rings is 4. The van der Waals surface area contributed by atoms with Gasteiger partial charge in [-0.1, -0.05) is 119 Å². The van der Waals surface area contributed by atoms with Crippen LogP contribution in [0.3, 0.4) is 0 Å². The van der Waals surface area contributed by atoms with Crippen molar-refractivity contribution < 1.29 is 5.11 Å². The van der Waals surface area contributed by atoms with Crippen LogP contribution in [0.25, 0.3) is 11.1 Å². The number of rotatable bonds is 11. The molecule has 3 heteroatoms. The number of hydrogen-bond donors (Lipinski definition) is 2. The summed E-state index contributed by atoms with van der Waals surface area (Å²) in [5, 5.41) is 14.6. The standard InChI is InChI=1S/C34H40N2O/c1-25(2)31-16-11-17-32(26(3)4)34(31)35-33(37)22-23-36(30-14-9-6-10-15-30)24-27-18-20-29(21-19-27)28-12-7-5-8-13-28/h5-21,25-26,33,35,37H,22-24H2,1-4H3. The van der Waals surface area contributed by atoms with Gasteiger partial charge in [-0.2, -0.15) is 0 Å². The highest BCUT2D eigenvalue weighted by Gasteiger charge is 2.17.